The van der Waals surface area contributed by atoms with Gasteiger partial charge in [-0.15, -0.1) is 0 Å². The first-order chi connectivity index (χ1) is 18.6. The number of fused-ring (bicyclic) bond motifs is 2. The highest BCUT2D eigenvalue weighted by molar-refractivity contribution is 5.95. The van der Waals surface area contributed by atoms with E-state index in [2.05, 4.69) is 41.3 Å². The summed E-state index contributed by atoms with van der Waals surface area (Å²) in [6.07, 6.45) is 9.37. The van der Waals surface area contributed by atoms with Crippen molar-refractivity contribution in [2.75, 3.05) is 11.9 Å². The number of anilines is 1. The summed E-state index contributed by atoms with van der Waals surface area (Å²) in [5, 5.41) is 13.4. The van der Waals surface area contributed by atoms with Crippen LogP contribution in [0.4, 0.5) is 5.82 Å². The van der Waals surface area contributed by atoms with Crippen LogP contribution in [-0.4, -0.2) is 45.7 Å². The van der Waals surface area contributed by atoms with E-state index in [1.54, 1.807) is 24.6 Å². The molecule has 0 atom stereocenters. The summed E-state index contributed by atoms with van der Waals surface area (Å²) in [4.78, 5) is 34.9. The predicted octanol–water partition coefficient (Wildman–Crippen LogP) is 4.15. The molecule has 2 aromatic carbocycles. The molecule has 0 bridgehead atoms. The lowest BCUT2D eigenvalue weighted by Gasteiger charge is -2.06. The molecule has 10 nitrogen and oxygen atoms in total. The Balaban J connectivity index is 1.00. The second kappa shape index (κ2) is 11.7. The van der Waals surface area contributed by atoms with E-state index in [4.69, 9.17) is 0 Å². The van der Waals surface area contributed by atoms with Crippen LogP contribution in [0, 0.1) is 0 Å². The first kappa shape index (κ1) is 24.4. The molecule has 2 amide bonds. The number of H-pyrrole nitrogens is 2. The quantitative estimate of drug-likeness (QED) is 0.110. The molecule has 5 N–H and O–H groups in total. The molecule has 0 aliphatic carbocycles. The first-order valence-corrected chi connectivity index (χ1v) is 12.1. The van der Waals surface area contributed by atoms with E-state index < -0.39 is 0 Å². The number of pyridine rings is 1. The van der Waals surface area contributed by atoms with Gasteiger partial charge in [-0.3, -0.25) is 9.59 Å². The number of aromatic amines is 2. The van der Waals surface area contributed by atoms with Gasteiger partial charge in [-0.25, -0.2) is 15.8 Å². The minimum atomic E-state index is -0.353. The van der Waals surface area contributed by atoms with Crippen LogP contribution in [0.2, 0.25) is 0 Å². The third kappa shape index (κ3) is 6.30. The van der Waals surface area contributed by atoms with Crippen LogP contribution in [0.3, 0.4) is 0 Å². The predicted molar refractivity (Wildman–Crippen MR) is 149 cm³/mol. The summed E-state index contributed by atoms with van der Waals surface area (Å²) in [6.45, 7) is 0.551. The first-order valence-electron chi connectivity index (χ1n) is 12.1. The highest BCUT2D eigenvalue weighted by atomic mass is 16.2. The number of hydrogen-bond donors (Lipinski definition) is 5. The number of nitrogens with zero attached hydrogens (tertiary/aromatic N) is 3. The lowest BCUT2D eigenvalue weighted by Crippen LogP contribution is -2.19. The zero-order chi connectivity index (χ0) is 26.2. The van der Waals surface area contributed by atoms with E-state index in [-0.39, 0.29) is 11.8 Å². The summed E-state index contributed by atoms with van der Waals surface area (Å²) in [5.74, 6) is 0.0935. The normalized spacial score (nSPS) is 11.5. The van der Waals surface area contributed by atoms with Gasteiger partial charge in [0.25, 0.3) is 5.91 Å². The highest BCUT2D eigenvalue weighted by Gasteiger charge is 2.06. The number of aromatic nitrogens is 3. The number of hydrogen-bond acceptors (Lipinski definition) is 6. The standard InChI is InChI=1S/C28H26N8O2/c37-27(35-33-16-19-3-6-24-21(14-19)9-12-29-24)2-1-11-31-26-8-5-23(18-32-26)28(38)36-34-17-20-4-7-25-22(15-20)10-13-30-25/h3-10,12-18,29-30H,1-2,11H2,(H,31,32)(H,35,37)(H,36,38)/b33-16+,34-17+. The molecule has 0 unspecified atom stereocenters. The fourth-order valence-corrected chi connectivity index (χ4v) is 3.87. The Morgan fingerprint density at radius 1 is 0.816 bits per heavy atom. The molecule has 5 rings (SSSR count). The van der Waals surface area contributed by atoms with Gasteiger partial charge in [-0.05, 0) is 76.9 Å². The third-order valence-corrected chi connectivity index (χ3v) is 5.85. The number of amides is 2. The van der Waals surface area contributed by atoms with Crippen molar-refractivity contribution in [3.63, 3.8) is 0 Å². The van der Waals surface area contributed by atoms with Gasteiger partial charge in [-0.2, -0.15) is 10.2 Å². The van der Waals surface area contributed by atoms with Crippen molar-refractivity contribution in [1.82, 2.24) is 25.8 Å². The number of rotatable bonds is 10. The summed E-state index contributed by atoms with van der Waals surface area (Å²) in [5.41, 5.74) is 9.33. The lowest BCUT2D eigenvalue weighted by atomic mass is 10.2. The molecule has 0 fully saturated rings. The van der Waals surface area contributed by atoms with Crippen LogP contribution in [0.1, 0.15) is 34.3 Å². The molecule has 5 aromatic rings. The fourth-order valence-electron chi connectivity index (χ4n) is 3.87. The van der Waals surface area contributed by atoms with Gasteiger partial charge in [0.1, 0.15) is 5.82 Å². The Labute approximate surface area is 218 Å². The van der Waals surface area contributed by atoms with E-state index >= 15 is 0 Å². The van der Waals surface area contributed by atoms with Crippen molar-refractivity contribution in [3.8, 4) is 0 Å². The summed E-state index contributed by atoms with van der Waals surface area (Å²) >= 11 is 0. The minimum Gasteiger partial charge on any atom is -0.370 e. The van der Waals surface area contributed by atoms with Crippen molar-refractivity contribution in [1.29, 1.82) is 0 Å². The Kier molecular flexibility index (Phi) is 7.50. The summed E-state index contributed by atoms with van der Waals surface area (Å²) in [7, 11) is 0. The molecule has 190 valence electrons. The Bertz CT molecular complexity index is 1620. The van der Waals surface area contributed by atoms with Crippen LogP contribution >= 0.6 is 0 Å². The van der Waals surface area contributed by atoms with E-state index in [9.17, 15) is 9.59 Å². The average molecular weight is 507 g/mol. The van der Waals surface area contributed by atoms with E-state index in [0.717, 1.165) is 32.9 Å². The molecule has 3 aromatic heterocycles. The number of nitrogens with one attached hydrogen (secondary N) is 5. The van der Waals surface area contributed by atoms with Crippen LogP contribution < -0.4 is 16.2 Å². The maximum Gasteiger partial charge on any atom is 0.272 e. The van der Waals surface area contributed by atoms with Crippen molar-refractivity contribution < 1.29 is 9.59 Å². The maximum absolute atomic E-state index is 12.3. The SMILES string of the molecule is O=C(CCCNc1ccc(C(=O)N/N=C/c2ccc3[nH]ccc3c2)cn1)N/N=C/c1ccc2[nH]ccc2c1. The summed E-state index contributed by atoms with van der Waals surface area (Å²) in [6, 6.07) is 19.1. The topological polar surface area (TPSA) is 139 Å². The van der Waals surface area contributed by atoms with Crippen molar-refractivity contribution in [2.24, 2.45) is 10.2 Å². The Morgan fingerprint density at radius 3 is 2.11 bits per heavy atom. The Hall–Kier alpha value is -5.25. The van der Waals surface area contributed by atoms with Gasteiger partial charge in [0, 0.05) is 42.6 Å². The molecular weight excluding hydrogens is 480 g/mol. The third-order valence-electron chi connectivity index (χ3n) is 5.85. The molecular formula is C28H26N8O2. The smallest absolute Gasteiger partial charge is 0.272 e. The number of carbonyl (C=O) groups is 2. The number of carbonyl (C=O) groups excluding carboxylic acids is 2. The zero-order valence-corrected chi connectivity index (χ0v) is 20.4. The Morgan fingerprint density at radius 2 is 1.47 bits per heavy atom. The second-order valence-electron chi connectivity index (χ2n) is 8.60. The highest BCUT2D eigenvalue weighted by Crippen LogP contribution is 2.14. The van der Waals surface area contributed by atoms with Crippen molar-refractivity contribution in [2.45, 2.75) is 12.8 Å². The van der Waals surface area contributed by atoms with Crippen LogP contribution in [0.5, 0.6) is 0 Å². The largest absolute Gasteiger partial charge is 0.370 e. The van der Waals surface area contributed by atoms with E-state index in [0.29, 0.717) is 30.8 Å². The van der Waals surface area contributed by atoms with Crippen LogP contribution in [-0.2, 0) is 4.79 Å². The molecule has 0 radical (unpaired) electrons. The molecule has 0 spiro atoms. The molecule has 0 saturated carbocycles. The van der Waals surface area contributed by atoms with Gasteiger partial charge in [0.05, 0.1) is 18.0 Å². The van der Waals surface area contributed by atoms with Crippen molar-refractivity contribution >= 4 is 51.9 Å². The van der Waals surface area contributed by atoms with Gasteiger partial charge in [-0.1, -0.05) is 12.1 Å². The van der Waals surface area contributed by atoms with E-state index in [1.165, 1.54) is 6.20 Å². The average Bonchev–Trinajstić information content (AvgIpc) is 3.60. The van der Waals surface area contributed by atoms with Gasteiger partial charge in [0.2, 0.25) is 5.91 Å². The molecule has 0 aliphatic rings. The molecule has 38 heavy (non-hydrogen) atoms. The summed E-state index contributed by atoms with van der Waals surface area (Å²) < 4.78 is 0. The van der Waals surface area contributed by atoms with Crippen LogP contribution in [0.25, 0.3) is 21.8 Å². The fraction of sp³-hybridized carbons (Fsp3) is 0.107. The second-order valence-corrected chi connectivity index (χ2v) is 8.60. The lowest BCUT2D eigenvalue weighted by molar-refractivity contribution is -0.121. The van der Waals surface area contributed by atoms with Gasteiger partial charge < -0.3 is 15.3 Å². The molecule has 3 heterocycles. The van der Waals surface area contributed by atoms with Gasteiger partial charge >= 0.3 is 0 Å². The minimum absolute atomic E-state index is 0.167. The number of hydrazone groups is 2. The van der Waals surface area contributed by atoms with Crippen LogP contribution in [0.15, 0.2) is 89.5 Å². The number of benzene rings is 2. The monoisotopic (exact) mass is 506 g/mol. The molecule has 0 saturated heterocycles. The zero-order valence-electron chi connectivity index (χ0n) is 20.4. The van der Waals surface area contributed by atoms with Crippen molar-refractivity contribution in [3.05, 3.63) is 95.9 Å². The molecule has 0 aliphatic heterocycles. The maximum atomic E-state index is 12.3. The van der Waals surface area contributed by atoms with Gasteiger partial charge in [0.15, 0.2) is 0 Å². The molecule has 10 heteroatoms. The van der Waals surface area contributed by atoms with E-state index in [1.807, 2.05) is 60.9 Å².